The zero-order valence-corrected chi connectivity index (χ0v) is 18.6. The molecule has 1 fully saturated rings. The molecule has 1 atom stereocenters. The van der Waals surface area contributed by atoms with E-state index in [-0.39, 0.29) is 29.4 Å². The lowest BCUT2D eigenvalue weighted by Crippen LogP contribution is -2.66. The SMILES string of the molecule is CC(OC(=O)c1ccccc1)N1C(C)(C)CC(O[Si](C)(C)C)CC1(C)C. The number of carbonyl (C=O) groups is 1. The summed E-state index contributed by atoms with van der Waals surface area (Å²) in [6.45, 7) is 17.6. The quantitative estimate of drug-likeness (QED) is 0.531. The van der Waals surface area contributed by atoms with Crippen molar-refractivity contribution >= 4 is 14.3 Å². The highest BCUT2D eigenvalue weighted by atomic mass is 28.4. The number of ether oxygens (including phenoxy) is 1. The van der Waals surface area contributed by atoms with Gasteiger partial charge in [0.2, 0.25) is 0 Å². The van der Waals surface area contributed by atoms with Crippen molar-refractivity contribution in [3.63, 3.8) is 0 Å². The molecule has 0 radical (unpaired) electrons. The molecule has 0 amide bonds. The highest BCUT2D eigenvalue weighted by Gasteiger charge is 2.49. The summed E-state index contributed by atoms with van der Waals surface area (Å²) in [4.78, 5) is 14.8. The monoisotopic (exact) mass is 377 g/mol. The van der Waals surface area contributed by atoms with E-state index in [0.717, 1.165) is 12.8 Å². The molecule has 0 aliphatic carbocycles. The third-order valence-corrected chi connectivity index (χ3v) is 5.97. The minimum Gasteiger partial charge on any atom is -0.443 e. The van der Waals surface area contributed by atoms with Crippen molar-refractivity contribution in [3.8, 4) is 0 Å². The first-order valence-electron chi connectivity index (χ1n) is 9.55. The maximum atomic E-state index is 12.5. The summed E-state index contributed by atoms with van der Waals surface area (Å²) >= 11 is 0. The van der Waals surface area contributed by atoms with E-state index in [1.54, 1.807) is 12.1 Å². The molecule has 1 saturated heterocycles. The van der Waals surface area contributed by atoms with Crippen molar-refractivity contribution in [3.05, 3.63) is 35.9 Å². The second-order valence-corrected chi connectivity index (χ2v) is 14.1. The zero-order valence-electron chi connectivity index (χ0n) is 17.6. The first-order valence-corrected chi connectivity index (χ1v) is 13.0. The molecule has 1 aromatic carbocycles. The topological polar surface area (TPSA) is 38.8 Å². The standard InChI is InChI=1S/C21H35NO3Si/c1-16(24-19(23)17-12-10-9-11-13-17)22-20(2,3)14-18(15-21(22,4)5)25-26(6,7)8/h9-13,16,18H,14-15H2,1-8H3. The second-order valence-electron chi connectivity index (χ2n) is 9.63. The van der Waals surface area contributed by atoms with Crippen molar-refractivity contribution in [2.45, 2.75) is 90.5 Å². The molecule has 26 heavy (non-hydrogen) atoms. The molecule has 1 unspecified atom stereocenters. The molecule has 1 aliphatic rings. The third-order valence-electron chi connectivity index (χ3n) is 4.93. The van der Waals surface area contributed by atoms with E-state index in [9.17, 15) is 4.79 Å². The van der Waals surface area contributed by atoms with Gasteiger partial charge in [-0.15, -0.1) is 0 Å². The lowest BCUT2D eigenvalue weighted by Gasteiger charge is -2.57. The smallest absolute Gasteiger partial charge is 0.339 e. The summed E-state index contributed by atoms with van der Waals surface area (Å²) in [7, 11) is -1.59. The van der Waals surface area contributed by atoms with E-state index in [1.165, 1.54) is 0 Å². The molecule has 146 valence electrons. The van der Waals surface area contributed by atoms with E-state index in [0.29, 0.717) is 5.56 Å². The molecule has 0 aromatic heterocycles. The maximum absolute atomic E-state index is 12.5. The van der Waals surface area contributed by atoms with Crippen LogP contribution in [0.1, 0.15) is 57.8 Å². The average molecular weight is 378 g/mol. The van der Waals surface area contributed by atoms with Crippen LogP contribution in [0.15, 0.2) is 30.3 Å². The van der Waals surface area contributed by atoms with Crippen LogP contribution in [-0.2, 0) is 9.16 Å². The number of nitrogens with zero attached hydrogens (tertiary/aromatic N) is 1. The summed E-state index contributed by atoms with van der Waals surface area (Å²) < 4.78 is 12.3. The number of likely N-dealkylation sites (tertiary alicyclic amines) is 1. The molecule has 1 aromatic rings. The van der Waals surface area contributed by atoms with E-state index >= 15 is 0 Å². The molecular formula is C21H35NO3Si. The van der Waals surface area contributed by atoms with Gasteiger partial charge in [0.25, 0.3) is 0 Å². The highest BCUT2D eigenvalue weighted by molar-refractivity contribution is 6.69. The number of hydrogen-bond acceptors (Lipinski definition) is 4. The normalized spacial score (nSPS) is 22.0. The van der Waals surface area contributed by atoms with Crippen molar-refractivity contribution in [2.24, 2.45) is 0 Å². The molecule has 0 N–H and O–H groups in total. The van der Waals surface area contributed by atoms with Gasteiger partial charge in [0.05, 0.1) is 5.56 Å². The number of rotatable bonds is 5. The highest BCUT2D eigenvalue weighted by Crippen LogP contribution is 2.42. The number of benzene rings is 1. The van der Waals surface area contributed by atoms with E-state index in [1.807, 2.05) is 25.1 Å². The van der Waals surface area contributed by atoms with Gasteiger partial charge in [0, 0.05) is 17.2 Å². The molecule has 4 nitrogen and oxygen atoms in total. The van der Waals surface area contributed by atoms with Crippen LogP contribution < -0.4 is 0 Å². The second kappa shape index (κ2) is 7.45. The van der Waals surface area contributed by atoms with Crippen LogP contribution in [0.2, 0.25) is 19.6 Å². The minimum absolute atomic E-state index is 0.123. The Morgan fingerprint density at radius 3 is 2.04 bits per heavy atom. The molecule has 0 spiro atoms. The van der Waals surface area contributed by atoms with Crippen LogP contribution >= 0.6 is 0 Å². The largest absolute Gasteiger partial charge is 0.443 e. The van der Waals surface area contributed by atoms with Gasteiger partial charge in [-0.3, -0.25) is 4.90 Å². The van der Waals surface area contributed by atoms with Gasteiger partial charge < -0.3 is 9.16 Å². The summed E-state index contributed by atoms with van der Waals surface area (Å²) in [5.41, 5.74) is 0.345. The van der Waals surface area contributed by atoms with Crippen molar-refractivity contribution < 1.29 is 14.0 Å². The fraction of sp³-hybridized carbons (Fsp3) is 0.667. The lowest BCUT2D eigenvalue weighted by molar-refractivity contribution is -0.155. The van der Waals surface area contributed by atoms with Crippen LogP contribution in [0.25, 0.3) is 0 Å². The predicted octanol–water partition coefficient (Wildman–Crippen LogP) is 5.06. The molecule has 0 bridgehead atoms. The molecular weight excluding hydrogens is 342 g/mol. The van der Waals surface area contributed by atoms with E-state index < -0.39 is 8.32 Å². The first-order chi connectivity index (χ1) is 11.8. The van der Waals surface area contributed by atoms with Gasteiger partial charge in [-0.05, 0) is 79.2 Å². The Hall–Kier alpha value is -1.17. The number of piperidine rings is 1. The van der Waals surface area contributed by atoms with Crippen LogP contribution in [0.5, 0.6) is 0 Å². The Kier molecular flexibility index (Phi) is 6.05. The number of esters is 1. The van der Waals surface area contributed by atoms with Gasteiger partial charge >= 0.3 is 5.97 Å². The van der Waals surface area contributed by atoms with Gasteiger partial charge in [0.1, 0.15) is 0 Å². The fourth-order valence-corrected chi connectivity index (χ4v) is 5.79. The van der Waals surface area contributed by atoms with Crippen molar-refractivity contribution in [2.75, 3.05) is 0 Å². The summed E-state index contributed by atoms with van der Waals surface area (Å²) in [5.74, 6) is -0.273. The Balaban J connectivity index is 2.15. The van der Waals surface area contributed by atoms with Crippen molar-refractivity contribution in [1.82, 2.24) is 4.90 Å². The molecule has 1 aliphatic heterocycles. The Labute approximate surface area is 160 Å². The average Bonchev–Trinajstić information content (AvgIpc) is 2.43. The predicted molar refractivity (Wildman–Crippen MR) is 109 cm³/mol. The van der Waals surface area contributed by atoms with E-state index in [2.05, 4.69) is 52.2 Å². The summed E-state index contributed by atoms with van der Waals surface area (Å²) in [6.07, 6.45) is 1.82. The molecule has 5 heteroatoms. The minimum atomic E-state index is -1.59. The third kappa shape index (κ3) is 5.18. The number of hydrogen-bond donors (Lipinski definition) is 0. The Morgan fingerprint density at radius 2 is 1.58 bits per heavy atom. The van der Waals surface area contributed by atoms with Gasteiger partial charge in [-0.25, -0.2) is 4.79 Å². The van der Waals surface area contributed by atoms with Crippen LogP contribution in [0.4, 0.5) is 0 Å². The maximum Gasteiger partial charge on any atom is 0.339 e. The van der Waals surface area contributed by atoms with Gasteiger partial charge in [-0.2, -0.15) is 0 Å². The zero-order chi connectivity index (χ0) is 19.8. The Morgan fingerprint density at radius 1 is 1.08 bits per heavy atom. The lowest BCUT2D eigenvalue weighted by atomic mass is 9.78. The first kappa shape index (κ1) is 21.1. The Bertz CT molecular complexity index is 604. The van der Waals surface area contributed by atoms with Gasteiger partial charge in [-0.1, -0.05) is 18.2 Å². The van der Waals surface area contributed by atoms with Crippen LogP contribution in [0.3, 0.4) is 0 Å². The number of carbonyl (C=O) groups excluding carboxylic acids is 1. The molecule has 2 rings (SSSR count). The van der Waals surface area contributed by atoms with Crippen LogP contribution in [-0.4, -0.2) is 42.6 Å². The van der Waals surface area contributed by atoms with Crippen LogP contribution in [0, 0.1) is 0 Å². The molecule has 1 heterocycles. The van der Waals surface area contributed by atoms with E-state index in [4.69, 9.17) is 9.16 Å². The summed E-state index contributed by atoms with van der Waals surface area (Å²) in [5, 5.41) is 0. The fourth-order valence-electron chi connectivity index (χ4n) is 4.62. The van der Waals surface area contributed by atoms with Gasteiger partial charge in [0.15, 0.2) is 14.5 Å². The summed E-state index contributed by atoms with van der Waals surface area (Å²) in [6, 6.07) is 9.19. The van der Waals surface area contributed by atoms with Crippen molar-refractivity contribution in [1.29, 1.82) is 0 Å². The molecule has 0 saturated carbocycles.